The molecule has 27 heavy (non-hydrogen) atoms. The number of aryl methyl sites for hydroxylation is 1. The zero-order valence-electron chi connectivity index (χ0n) is 16.0. The minimum atomic E-state index is -0.261. The number of halogens is 1. The number of nitrogens with zero attached hydrogens (tertiary/aromatic N) is 1. The lowest BCUT2D eigenvalue weighted by molar-refractivity contribution is -0.123. The van der Waals surface area contributed by atoms with Crippen LogP contribution in [-0.2, 0) is 11.3 Å². The number of hydrogen-bond donors (Lipinski definition) is 1. The molecule has 1 unspecified atom stereocenters. The van der Waals surface area contributed by atoms with Gasteiger partial charge >= 0.3 is 0 Å². The molecule has 1 heterocycles. The summed E-state index contributed by atoms with van der Waals surface area (Å²) in [6, 6.07) is 12.8. The maximum atomic E-state index is 13.6. The highest BCUT2D eigenvalue weighted by atomic mass is 19.1. The fourth-order valence-electron chi connectivity index (χ4n) is 3.39. The van der Waals surface area contributed by atoms with Gasteiger partial charge in [-0.15, -0.1) is 0 Å². The van der Waals surface area contributed by atoms with E-state index in [0.717, 1.165) is 30.1 Å². The fraction of sp³-hybridized carbons (Fsp3) is 0.409. The quantitative estimate of drug-likeness (QED) is 0.834. The first kappa shape index (κ1) is 19.2. The number of carbonyl (C=O) groups excluding carboxylic acids is 1. The van der Waals surface area contributed by atoms with Crippen LogP contribution in [0.3, 0.4) is 0 Å². The van der Waals surface area contributed by atoms with Crippen LogP contribution in [0.1, 0.15) is 30.9 Å². The third-order valence-corrected chi connectivity index (χ3v) is 4.95. The van der Waals surface area contributed by atoms with Crippen LogP contribution in [0.4, 0.5) is 10.1 Å². The smallest absolute Gasteiger partial charge is 0.258 e. The molecule has 1 atom stereocenters. The largest absolute Gasteiger partial charge is 0.482 e. The predicted octanol–water partition coefficient (Wildman–Crippen LogP) is 4.07. The Morgan fingerprint density at radius 2 is 2.11 bits per heavy atom. The highest BCUT2D eigenvalue weighted by Gasteiger charge is 2.19. The summed E-state index contributed by atoms with van der Waals surface area (Å²) in [5.74, 6) is 0.897. The van der Waals surface area contributed by atoms with Crippen molar-refractivity contribution in [3.05, 3.63) is 59.4 Å². The lowest BCUT2D eigenvalue weighted by atomic mass is 9.99. The van der Waals surface area contributed by atoms with Gasteiger partial charge < -0.3 is 15.0 Å². The Labute approximate surface area is 160 Å². The standard InChI is InChI=1S/C22H27FN2O2/c1-16-6-5-11-25(14-16)20-7-3-4-8-21(20)27-15-22(26)24-13-18-10-9-17(2)19(23)12-18/h3-4,7-10,12,16H,5-6,11,13-15H2,1-2H3,(H,24,26). The molecule has 0 saturated carbocycles. The Hall–Kier alpha value is -2.56. The van der Waals surface area contributed by atoms with Crippen LogP contribution in [-0.4, -0.2) is 25.6 Å². The molecule has 0 radical (unpaired) electrons. The highest BCUT2D eigenvalue weighted by Crippen LogP contribution is 2.31. The van der Waals surface area contributed by atoms with Crippen LogP contribution in [0.2, 0.25) is 0 Å². The van der Waals surface area contributed by atoms with Gasteiger partial charge in [-0.25, -0.2) is 4.39 Å². The predicted molar refractivity (Wildman–Crippen MR) is 106 cm³/mol. The van der Waals surface area contributed by atoms with Crippen molar-refractivity contribution in [2.75, 3.05) is 24.6 Å². The second-order valence-electron chi connectivity index (χ2n) is 7.31. The van der Waals surface area contributed by atoms with Gasteiger partial charge in [-0.2, -0.15) is 0 Å². The van der Waals surface area contributed by atoms with E-state index in [1.807, 2.05) is 30.3 Å². The van der Waals surface area contributed by atoms with Gasteiger partial charge in [-0.05, 0) is 55.0 Å². The van der Waals surface area contributed by atoms with Gasteiger partial charge in [0.1, 0.15) is 11.6 Å². The summed E-state index contributed by atoms with van der Waals surface area (Å²) < 4.78 is 19.4. The molecule has 2 aromatic rings. The minimum absolute atomic E-state index is 0.0608. The van der Waals surface area contributed by atoms with Crippen molar-refractivity contribution in [3.63, 3.8) is 0 Å². The first-order valence-electron chi connectivity index (χ1n) is 9.51. The van der Waals surface area contributed by atoms with Crippen molar-refractivity contribution < 1.29 is 13.9 Å². The number of rotatable bonds is 6. The third kappa shape index (κ3) is 5.22. The molecule has 0 aromatic heterocycles. The van der Waals surface area contributed by atoms with Gasteiger partial charge in [-0.1, -0.05) is 31.2 Å². The second kappa shape index (κ2) is 8.89. The minimum Gasteiger partial charge on any atom is -0.482 e. The number of ether oxygens (including phenoxy) is 1. The van der Waals surface area contributed by atoms with Crippen molar-refractivity contribution in [3.8, 4) is 5.75 Å². The Bertz CT molecular complexity index is 794. The summed E-state index contributed by atoms with van der Waals surface area (Å²) in [4.78, 5) is 14.5. The van der Waals surface area contributed by atoms with Gasteiger partial charge in [0.15, 0.2) is 6.61 Å². The summed E-state index contributed by atoms with van der Waals surface area (Å²) in [6.07, 6.45) is 2.42. The molecule has 0 spiro atoms. The first-order chi connectivity index (χ1) is 13.0. The molecule has 5 heteroatoms. The number of benzene rings is 2. The van der Waals surface area contributed by atoms with E-state index in [0.29, 0.717) is 11.5 Å². The molecule has 1 fully saturated rings. The molecule has 1 amide bonds. The van der Waals surface area contributed by atoms with Crippen molar-refractivity contribution in [1.82, 2.24) is 5.32 Å². The van der Waals surface area contributed by atoms with E-state index in [2.05, 4.69) is 17.1 Å². The van der Waals surface area contributed by atoms with Crippen LogP contribution >= 0.6 is 0 Å². The van der Waals surface area contributed by atoms with E-state index < -0.39 is 0 Å². The number of carbonyl (C=O) groups is 1. The lowest BCUT2D eigenvalue weighted by Gasteiger charge is -2.33. The van der Waals surface area contributed by atoms with Crippen molar-refractivity contribution in [2.45, 2.75) is 33.2 Å². The normalized spacial score (nSPS) is 16.9. The molecule has 144 valence electrons. The SMILES string of the molecule is Cc1ccc(CNC(=O)COc2ccccc2N2CCCC(C)C2)cc1F. The maximum Gasteiger partial charge on any atom is 0.258 e. The van der Waals surface area contributed by atoms with Gasteiger partial charge in [-0.3, -0.25) is 4.79 Å². The molecule has 4 nitrogen and oxygen atoms in total. The Balaban J connectivity index is 1.55. The van der Waals surface area contributed by atoms with Crippen LogP contribution in [0.25, 0.3) is 0 Å². The van der Waals surface area contributed by atoms with E-state index in [1.54, 1.807) is 13.0 Å². The van der Waals surface area contributed by atoms with Crippen molar-refractivity contribution in [1.29, 1.82) is 0 Å². The molecule has 2 aromatic carbocycles. The summed E-state index contributed by atoms with van der Waals surface area (Å²) in [5, 5.41) is 2.78. The molecule has 0 bridgehead atoms. The van der Waals surface area contributed by atoms with Crippen molar-refractivity contribution in [2.24, 2.45) is 5.92 Å². The monoisotopic (exact) mass is 370 g/mol. The van der Waals surface area contributed by atoms with Gasteiger partial charge in [0.25, 0.3) is 5.91 Å². The van der Waals surface area contributed by atoms with E-state index in [1.165, 1.54) is 18.9 Å². The topological polar surface area (TPSA) is 41.6 Å². The first-order valence-corrected chi connectivity index (χ1v) is 9.51. The zero-order valence-corrected chi connectivity index (χ0v) is 16.0. The van der Waals surface area contributed by atoms with Gasteiger partial charge in [0.2, 0.25) is 0 Å². The van der Waals surface area contributed by atoms with E-state index in [9.17, 15) is 9.18 Å². The third-order valence-electron chi connectivity index (χ3n) is 4.95. The molecule has 1 aliphatic heterocycles. The molecule has 1 aliphatic rings. The summed E-state index contributed by atoms with van der Waals surface area (Å²) in [6.45, 7) is 6.21. The van der Waals surface area contributed by atoms with Crippen LogP contribution in [0, 0.1) is 18.7 Å². The highest BCUT2D eigenvalue weighted by molar-refractivity contribution is 5.77. The number of hydrogen-bond acceptors (Lipinski definition) is 3. The van der Waals surface area contributed by atoms with Crippen molar-refractivity contribution >= 4 is 11.6 Å². The summed E-state index contributed by atoms with van der Waals surface area (Å²) in [5.41, 5.74) is 2.36. The Kier molecular flexibility index (Phi) is 6.32. The van der Waals surface area contributed by atoms with E-state index in [-0.39, 0.29) is 24.9 Å². The summed E-state index contributed by atoms with van der Waals surface area (Å²) in [7, 11) is 0. The Morgan fingerprint density at radius 1 is 1.30 bits per heavy atom. The number of anilines is 1. The molecule has 1 saturated heterocycles. The zero-order chi connectivity index (χ0) is 19.2. The van der Waals surface area contributed by atoms with E-state index in [4.69, 9.17) is 4.74 Å². The number of para-hydroxylation sites is 2. The van der Waals surface area contributed by atoms with E-state index >= 15 is 0 Å². The fourth-order valence-corrected chi connectivity index (χ4v) is 3.39. The molecule has 3 rings (SSSR count). The molecular formula is C22H27FN2O2. The average molecular weight is 370 g/mol. The number of amides is 1. The number of nitrogens with one attached hydrogen (secondary N) is 1. The lowest BCUT2D eigenvalue weighted by Crippen LogP contribution is -2.34. The summed E-state index contributed by atoms with van der Waals surface area (Å²) >= 11 is 0. The van der Waals surface area contributed by atoms with Gasteiger partial charge in [0, 0.05) is 19.6 Å². The molecule has 1 N–H and O–H groups in total. The Morgan fingerprint density at radius 3 is 2.89 bits per heavy atom. The second-order valence-corrected chi connectivity index (χ2v) is 7.31. The maximum absolute atomic E-state index is 13.6. The van der Waals surface area contributed by atoms with Gasteiger partial charge in [0.05, 0.1) is 5.69 Å². The van der Waals surface area contributed by atoms with Crippen LogP contribution in [0.5, 0.6) is 5.75 Å². The van der Waals surface area contributed by atoms with Crippen LogP contribution in [0.15, 0.2) is 42.5 Å². The van der Waals surface area contributed by atoms with Crippen LogP contribution < -0.4 is 15.0 Å². The molecular weight excluding hydrogens is 343 g/mol. The molecule has 0 aliphatic carbocycles. The number of piperidine rings is 1. The average Bonchev–Trinajstić information content (AvgIpc) is 2.67.